The van der Waals surface area contributed by atoms with E-state index in [0.717, 1.165) is 72.6 Å². The highest BCUT2D eigenvalue weighted by Crippen LogP contribution is 2.44. The lowest BCUT2D eigenvalue weighted by molar-refractivity contribution is -0.121. The van der Waals surface area contributed by atoms with Gasteiger partial charge in [-0.15, -0.1) is 11.8 Å². The summed E-state index contributed by atoms with van der Waals surface area (Å²) in [5.74, 6) is 3.14. The van der Waals surface area contributed by atoms with Crippen LogP contribution in [0.1, 0.15) is 77.3 Å². The Morgan fingerprint density at radius 3 is 1.96 bits per heavy atom. The summed E-state index contributed by atoms with van der Waals surface area (Å²) in [6.07, 6.45) is 9.92. The number of ketones is 1. The molecule has 2 amide bonds. The molecule has 70 heavy (non-hydrogen) atoms. The Morgan fingerprint density at radius 1 is 0.743 bits per heavy atom. The second-order valence-corrected chi connectivity index (χ2v) is 19.9. The van der Waals surface area contributed by atoms with Crippen molar-refractivity contribution in [3.63, 3.8) is 0 Å². The highest BCUT2D eigenvalue weighted by molar-refractivity contribution is 7.99. The van der Waals surface area contributed by atoms with Crippen molar-refractivity contribution in [3.05, 3.63) is 95.1 Å². The number of benzene rings is 4. The van der Waals surface area contributed by atoms with Gasteiger partial charge in [-0.25, -0.2) is 0 Å². The van der Waals surface area contributed by atoms with Crippen LogP contribution in [0.5, 0.6) is 34.8 Å². The number of anilines is 3. The van der Waals surface area contributed by atoms with E-state index >= 15 is 0 Å². The molecule has 0 saturated heterocycles. The third-order valence-corrected chi connectivity index (χ3v) is 15.4. The van der Waals surface area contributed by atoms with Gasteiger partial charge < -0.3 is 34.1 Å². The summed E-state index contributed by atoms with van der Waals surface area (Å²) < 4.78 is 25.4. The number of Topliss-reactive ketones (excluding diaryl/α,β-unsaturated/α-hetero) is 1. The molecule has 1 aromatic heterocycles. The number of aromatic nitrogens is 1. The van der Waals surface area contributed by atoms with Gasteiger partial charge in [0.15, 0.2) is 28.9 Å². The van der Waals surface area contributed by atoms with Crippen LogP contribution in [0.25, 0.3) is 0 Å². The second-order valence-electron chi connectivity index (χ2n) is 18.7. The number of aromatic hydroxyl groups is 2. The summed E-state index contributed by atoms with van der Waals surface area (Å²) in [4.78, 5) is 55.9. The molecule has 5 aromatic rings. The zero-order valence-electron chi connectivity index (χ0n) is 39.9. The van der Waals surface area contributed by atoms with Crippen LogP contribution < -0.4 is 33.6 Å². The predicted octanol–water partition coefficient (Wildman–Crippen LogP) is 9.35. The Balaban J connectivity index is 0.722. The van der Waals surface area contributed by atoms with Crippen LogP contribution in [0.2, 0.25) is 0 Å². The van der Waals surface area contributed by atoms with E-state index in [1.54, 1.807) is 60.9 Å². The minimum Gasteiger partial charge on any atom is -0.494 e. The highest BCUT2D eigenvalue weighted by atomic mass is 32.2. The molecule has 1 aliphatic carbocycles. The van der Waals surface area contributed by atoms with Crippen LogP contribution in [0.4, 0.5) is 28.4 Å². The molecule has 1 fully saturated rings. The average molecular weight is 967 g/mol. The van der Waals surface area contributed by atoms with Crippen molar-refractivity contribution in [2.45, 2.75) is 81.8 Å². The fourth-order valence-electron chi connectivity index (χ4n) is 10.5. The second kappa shape index (κ2) is 19.8. The minimum absolute atomic E-state index is 0.0696. The number of carbonyl (C=O) groups is 3. The standard InChI is InChI=1S/C54H58N6O9S/c1-32(61)34-13-11-33(12-14-34)31-58-51(62)28-50(54(58)65)70-20-7-17-57(2)37-15-16-45-36(22-37)23-39-30-56-43-27-49(47(67-4)25-41(43)53(64)60(39)45)69-19-8-18-68-48-26-42-40(24-46(48)66-3)52(63)59-38(29-55-42)21-35-9-5-6-10-44(35)59/h5-6,9-10,15-16,22,24-30,33-34,38-39,62,65H,7-8,11-14,17-21,23,31H2,1-4H3. The molecule has 16 heteroatoms. The molecule has 10 rings (SSSR count). The summed E-state index contributed by atoms with van der Waals surface area (Å²) in [6.45, 7) is 3.57. The fraction of sp³-hybridized carbons (Fsp3) is 0.389. The lowest BCUT2D eigenvalue weighted by atomic mass is 9.80. The van der Waals surface area contributed by atoms with Crippen molar-refractivity contribution < 1.29 is 43.5 Å². The zero-order valence-corrected chi connectivity index (χ0v) is 40.7. The first-order valence-electron chi connectivity index (χ1n) is 24.1. The van der Waals surface area contributed by atoms with E-state index in [4.69, 9.17) is 28.9 Å². The number of hydrogen-bond donors (Lipinski definition) is 2. The van der Waals surface area contributed by atoms with Crippen LogP contribution in [0.3, 0.4) is 0 Å². The third kappa shape index (κ3) is 9.04. The van der Waals surface area contributed by atoms with Gasteiger partial charge in [0.2, 0.25) is 5.88 Å². The van der Waals surface area contributed by atoms with Crippen molar-refractivity contribution in [3.8, 4) is 34.8 Å². The van der Waals surface area contributed by atoms with Crippen molar-refractivity contribution in [1.29, 1.82) is 0 Å². The van der Waals surface area contributed by atoms with Gasteiger partial charge in [-0.3, -0.25) is 38.7 Å². The Hall–Kier alpha value is -6.94. The number of rotatable bonds is 17. The van der Waals surface area contributed by atoms with Crippen molar-refractivity contribution in [1.82, 2.24) is 4.57 Å². The predicted molar refractivity (Wildman–Crippen MR) is 272 cm³/mol. The quantitative estimate of drug-likeness (QED) is 0.0673. The van der Waals surface area contributed by atoms with Gasteiger partial charge in [-0.2, -0.15) is 0 Å². The number of hydrogen-bond acceptors (Lipinski definition) is 13. The molecule has 0 spiro atoms. The molecule has 4 aromatic carbocycles. The SMILES string of the molecule is COc1cc2c(cc1OCCCOc1cc3c(cc1OC)C(=O)N1c4ccc(N(C)CCCSc5cc(O)n(CC6CCC(C(C)=O)CC6)c5O)cc4CC1C=N3)N=CC1Cc3ccccc3N1C2=O. The Kier molecular flexibility index (Phi) is 13.2. The molecule has 15 nitrogen and oxygen atoms in total. The molecule has 4 aliphatic heterocycles. The van der Waals surface area contributed by atoms with Crippen LogP contribution in [0.15, 0.2) is 87.7 Å². The number of amides is 2. The maximum absolute atomic E-state index is 14.3. The van der Waals surface area contributed by atoms with E-state index < -0.39 is 0 Å². The number of thioether (sulfide) groups is 1. The molecule has 5 aliphatic rings. The topological polar surface area (TPSA) is 168 Å². The molecule has 1 saturated carbocycles. The smallest absolute Gasteiger partial charge is 0.261 e. The zero-order chi connectivity index (χ0) is 48.6. The van der Waals surface area contributed by atoms with E-state index in [-0.39, 0.29) is 47.4 Å². The first kappa shape index (κ1) is 46.8. The van der Waals surface area contributed by atoms with Crippen LogP contribution in [-0.4, -0.2) is 104 Å². The fourth-order valence-corrected chi connectivity index (χ4v) is 11.4. The number of ether oxygens (including phenoxy) is 4. The molecular weight excluding hydrogens is 909 g/mol. The Labute approximate surface area is 411 Å². The third-order valence-electron chi connectivity index (χ3n) is 14.3. The van der Waals surface area contributed by atoms with Crippen LogP contribution >= 0.6 is 11.8 Å². The van der Waals surface area contributed by atoms with Crippen molar-refractivity contribution >= 4 is 70.2 Å². The summed E-state index contributed by atoms with van der Waals surface area (Å²) in [6, 6.07) is 22.3. The molecule has 364 valence electrons. The Morgan fingerprint density at radius 2 is 1.34 bits per heavy atom. The van der Waals surface area contributed by atoms with Gasteiger partial charge in [0.1, 0.15) is 5.78 Å². The molecule has 0 bridgehead atoms. The van der Waals surface area contributed by atoms with Crippen molar-refractivity contribution in [2.24, 2.45) is 21.8 Å². The molecule has 0 radical (unpaired) electrons. The number of nitrogens with zero attached hydrogens (tertiary/aromatic N) is 6. The number of fused-ring (bicyclic) bond motifs is 8. The minimum atomic E-state index is -0.256. The molecule has 5 heterocycles. The Bertz CT molecular complexity index is 2910. The summed E-state index contributed by atoms with van der Waals surface area (Å²) >= 11 is 1.53. The largest absolute Gasteiger partial charge is 0.494 e. The van der Waals surface area contributed by atoms with E-state index in [1.165, 1.54) is 11.8 Å². The first-order chi connectivity index (χ1) is 34.0. The summed E-state index contributed by atoms with van der Waals surface area (Å²) in [5, 5.41) is 21.6. The van der Waals surface area contributed by atoms with E-state index in [0.29, 0.717) is 95.3 Å². The van der Waals surface area contributed by atoms with Crippen LogP contribution in [0, 0.1) is 11.8 Å². The first-order valence-corrected chi connectivity index (χ1v) is 25.1. The van der Waals surface area contributed by atoms with E-state index in [9.17, 15) is 24.6 Å². The van der Waals surface area contributed by atoms with Gasteiger partial charge >= 0.3 is 0 Å². The number of para-hydroxylation sites is 1. The highest BCUT2D eigenvalue weighted by Gasteiger charge is 2.38. The summed E-state index contributed by atoms with van der Waals surface area (Å²) in [7, 11) is 5.15. The van der Waals surface area contributed by atoms with Gasteiger partial charge in [-0.1, -0.05) is 18.2 Å². The molecular formula is C54H58N6O9S. The average Bonchev–Trinajstić information content (AvgIpc) is 3.96. The number of methoxy groups -OCH3 is 2. The summed E-state index contributed by atoms with van der Waals surface area (Å²) in [5.41, 5.74) is 6.88. The maximum Gasteiger partial charge on any atom is 0.261 e. The van der Waals surface area contributed by atoms with Gasteiger partial charge in [0.25, 0.3) is 11.8 Å². The van der Waals surface area contributed by atoms with Gasteiger partial charge in [0.05, 0.1) is 66.9 Å². The normalized spacial score (nSPS) is 19.6. The lowest BCUT2D eigenvalue weighted by Crippen LogP contribution is -2.37. The maximum atomic E-state index is 14.3. The number of aliphatic imine (C=N–C) groups is 2. The van der Waals surface area contributed by atoms with E-state index in [2.05, 4.69) is 18.0 Å². The van der Waals surface area contributed by atoms with Gasteiger partial charge in [-0.05, 0) is 98.2 Å². The number of carbonyl (C=O) groups excluding carboxylic acids is 3. The molecule has 2 unspecified atom stereocenters. The lowest BCUT2D eigenvalue weighted by Gasteiger charge is -2.27. The molecule has 2 atom stereocenters. The van der Waals surface area contributed by atoms with Crippen LogP contribution in [-0.2, 0) is 24.2 Å². The van der Waals surface area contributed by atoms with E-state index in [1.807, 2.05) is 53.7 Å². The van der Waals surface area contributed by atoms with Crippen molar-refractivity contribution in [2.75, 3.05) is 61.5 Å². The monoisotopic (exact) mass is 966 g/mol. The molecule has 2 N–H and O–H groups in total. The van der Waals surface area contributed by atoms with Gasteiger partial charge in [0, 0.05) is 93.0 Å².